The fourth-order valence-corrected chi connectivity index (χ4v) is 2.31. The highest BCUT2D eigenvalue weighted by atomic mass is 79.9. The Morgan fingerprint density at radius 2 is 2.05 bits per heavy atom. The van der Waals surface area contributed by atoms with Crippen LogP contribution in [0.5, 0.6) is 17.2 Å². The molecule has 0 aliphatic heterocycles. The van der Waals surface area contributed by atoms with Gasteiger partial charge in [0, 0.05) is 9.50 Å². The van der Waals surface area contributed by atoms with Crippen molar-refractivity contribution in [3.8, 4) is 17.2 Å². The van der Waals surface area contributed by atoms with E-state index in [2.05, 4.69) is 15.9 Å². The van der Waals surface area contributed by atoms with Crippen molar-refractivity contribution < 1.29 is 14.2 Å². The molecule has 5 heteroatoms. The average Bonchev–Trinajstić information content (AvgIpc) is 2.37. The number of benzene rings is 2. The molecule has 0 aliphatic rings. The molecule has 0 saturated carbocycles. The molecule has 2 aromatic carbocycles. The summed E-state index contributed by atoms with van der Waals surface area (Å²) in [5, 5.41) is 10.0. The quantitative estimate of drug-likeness (QED) is 0.817. The van der Waals surface area contributed by atoms with Gasteiger partial charge in [0.25, 0.3) is 0 Å². The predicted octanol–water partition coefficient (Wildman–Crippen LogP) is 5.30. The summed E-state index contributed by atoms with van der Waals surface area (Å²) in [6, 6.07) is 7.82. The van der Waals surface area contributed by atoms with E-state index < -0.39 is 11.6 Å². The van der Waals surface area contributed by atoms with Crippen molar-refractivity contribution >= 4 is 27.5 Å². The van der Waals surface area contributed by atoms with Crippen LogP contribution in [0.2, 0.25) is 5.02 Å². The van der Waals surface area contributed by atoms with E-state index in [1.54, 1.807) is 18.2 Å². The van der Waals surface area contributed by atoms with Crippen LogP contribution in [0, 0.1) is 5.82 Å². The fraction of sp³-hybridized carbons (Fsp3) is 0.143. The number of rotatable bonds is 3. The second-order valence-corrected chi connectivity index (χ2v) is 5.27. The van der Waals surface area contributed by atoms with Crippen molar-refractivity contribution in [2.45, 2.75) is 13.3 Å². The third kappa shape index (κ3) is 3.19. The van der Waals surface area contributed by atoms with E-state index in [-0.39, 0.29) is 5.75 Å². The lowest BCUT2D eigenvalue weighted by Crippen LogP contribution is -1.91. The van der Waals surface area contributed by atoms with E-state index in [1.165, 1.54) is 12.1 Å². The third-order valence-corrected chi connectivity index (χ3v) is 3.44. The second kappa shape index (κ2) is 5.80. The first-order valence-electron chi connectivity index (χ1n) is 5.65. The van der Waals surface area contributed by atoms with Crippen LogP contribution in [-0.4, -0.2) is 5.11 Å². The number of aryl methyl sites for hydroxylation is 1. The molecule has 100 valence electrons. The maximum absolute atomic E-state index is 13.7. The number of halogens is 3. The lowest BCUT2D eigenvalue weighted by Gasteiger charge is -2.10. The van der Waals surface area contributed by atoms with Crippen LogP contribution in [0.15, 0.2) is 34.8 Å². The van der Waals surface area contributed by atoms with Crippen LogP contribution in [0.4, 0.5) is 4.39 Å². The van der Waals surface area contributed by atoms with E-state index in [1.807, 2.05) is 6.92 Å². The van der Waals surface area contributed by atoms with E-state index in [0.29, 0.717) is 15.2 Å². The van der Waals surface area contributed by atoms with Crippen LogP contribution >= 0.6 is 27.5 Å². The molecule has 0 amide bonds. The van der Waals surface area contributed by atoms with Crippen LogP contribution in [-0.2, 0) is 6.42 Å². The molecule has 0 unspecified atom stereocenters. The van der Waals surface area contributed by atoms with Gasteiger partial charge in [0.1, 0.15) is 5.75 Å². The van der Waals surface area contributed by atoms with Crippen molar-refractivity contribution in [3.05, 3.63) is 51.2 Å². The van der Waals surface area contributed by atoms with Gasteiger partial charge in [-0.25, -0.2) is 0 Å². The molecule has 2 nitrogen and oxygen atoms in total. The first kappa shape index (κ1) is 14.2. The SMILES string of the molecule is CCc1cc(Oc2cc(Br)cc(O)c2F)ccc1Cl. The summed E-state index contributed by atoms with van der Waals surface area (Å²) in [4.78, 5) is 0. The van der Waals surface area contributed by atoms with Crippen LogP contribution in [0.1, 0.15) is 12.5 Å². The lowest BCUT2D eigenvalue weighted by molar-refractivity contribution is 0.394. The Kier molecular flexibility index (Phi) is 4.32. The standard InChI is InChI=1S/C14H11BrClFO2/c1-2-8-5-10(3-4-11(8)16)19-13-7-9(15)6-12(18)14(13)17/h3-7,18H,2H2,1H3. The van der Waals surface area contributed by atoms with Crippen molar-refractivity contribution in [3.63, 3.8) is 0 Å². The molecule has 0 aromatic heterocycles. The smallest absolute Gasteiger partial charge is 0.207 e. The molecule has 0 heterocycles. The van der Waals surface area contributed by atoms with E-state index in [9.17, 15) is 9.50 Å². The molecule has 2 rings (SSSR count). The van der Waals surface area contributed by atoms with Gasteiger partial charge in [-0.2, -0.15) is 4.39 Å². The number of aromatic hydroxyl groups is 1. The molecule has 0 saturated heterocycles. The molecule has 2 aromatic rings. The molecular formula is C14H11BrClFO2. The molecule has 0 bridgehead atoms. The monoisotopic (exact) mass is 344 g/mol. The van der Waals surface area contributed by atoms with Gasteiger partial charge in [0.2, 0.25) is 5.82 Å². The minimum atomic E-state index is -0.795. The topological polar surface area (TPSA) is 29.5 Å². The summed E-state index contributed by atoms with van der Waals surface area (Å²) < 4.78 is 19.7. The van der Waals surface area contributed by atoms with Crippen molar-refractivity contribution in [2.75, 3.05) is 0 Å². The van der Waals surface area contributed by atoms with Gasteiger partial charge >= 0.3 is 0 Å². The van der Waals surface area contributed by atoms with Crippen LogP contribution in [0.3, 0.4) is 0 Å². The Labute approximate surface area is 123 Å². The van der Waals surface area contributed by atoms with Crippen LogP contribution in [0.25, 0.3) is 0 Å². The Bertz CT molecular complexity index is 617. The average molecular weight is 346 g/mol. The summed E-state index contributed by atoms with van der Waals surface area (Å²) in [7, 11) is 0. The molecular weight excluding hydrogens is 335 g/mol. The third-order valence-electron chi connectivity index (χ3n) is 2.61. The minimum absolute atomic E-state index is 0.0451. The first-order valence-corrected chi connectivity index (χ1v) is 6.82. The van der Waals surface area contributed by atoms with Gasteiger partial charge in [-0.1, -0.05) is 34.5 Å². The minimum Gasteiger partial charge on any atom is -0.505 e. The van der Waals surface area contributed by atoms with E-state index >= 15 is 0 Å². The van der Waals surface area contributed by atoms with Gasteiger partial charge in [-0.15, -0.1) is 0 Å². The van der Waals surface area contributed by atoms with Crippen LogP contribution < -0.4 is 4.74 Å². The lowest BCUT2D eigenvalue weighted by atomic mass is 10.1. The van der Waals surface area contributed by atoms with Crippen molar-refractivity contribution in [2.24, 2.45) is 0 Å². The van der Waals surface area contributed by atoms with Crippen molar-refractivity contribution in [1.82, 2.24) is 0 Å². The summed E-state index contributed by atoms with van der Waals surface area (Å²) in [6.07, 6.45) is 0.752. The van der Waals surface area contributed by atoms with Crippen molar-refractivity contribution in [1.29, 1.82) is 0 Å². The van der Waals surface area contributed by atoms with E-state index in [4.69, 9.17) is 16.3 Å². The number of phenolic OH excluding ortho intramolecular Hbond substituents is 1. The maximum atomic E-state index is 13.7. The molecule has 19 heavy (non-hydrogen) atoms. The highest BCUT2D eigenvalue weighted by Gasteiger charge is 2.12. The highest BCUT2D eigenvalue weighted by Crippen LogP contribution is 2.34. The summed E-state index contributed by atoms with van der Waals surface area (Å²) in [5.41, 5.74) is 0.916. The van der Waals surface area contributed by atoms with Gasteiger partial charge in [0.15, 0.2) is 11.5 Å². The number of hydrogen-bond donors (Lipinski definition) is 1. The summed E-state index contributed by atoms with van der Waals surface area (Å²) >= 11 is 9.18. The first-order chi connectivity index (χ1) is 9.01. The number of phenols is 1. The number of ether oxygens (including phenoxy) is 1. The Morgan fingerprint density at radius 1 is 1.32 bits per heavy atom. The van der Waals surface area contributed by atoms with Gasteiger partial charge in [0.05, 0.1) is 0 Å². The Balaban J connectivity index is 2.36. The molecule has 0 fully saturated rings. The normalized spacial score (nSPS) is 10.5. The van der Waals surface area contributed by atoms with Gasteiger partial charge < -0.3 is 9.84 Å². The zero-order chi connectivity index (χ0) is 14.0. The zero-order valence-electron chi connectivity index (χ0n) is 10.1. The molecule has 0 atom stereocenters. The second-order valence-electron chi connectivity index (χ2n) is 3.95. The van der Waals surface area contributed by atoms with Gasteiger partial charge in [-0.3, -0.25) is 0 Å². The molecule has 0 radical (unpaired) electrons. The maximum Gasteiger partial charge on any atom is 0.207 e. The zero-order valence-corrected chi connectivity index (χ0v) is 12.4. The van der Waals surface area contributed by atoms with Gasteiger partial charge in [-0.05, 0) is 42.3 Å². The fourth-order valence-electron chi connectivity index (χ4n) is 1.64. The highest BCUT2D eigenvalue weighted by molar-refractivity contribution is 9.10. The molecule has 0 spiro atoms. The molecule has 0 aliphatic carbocycles. The Hall–Kier alpha value is -1.26. The largest absolute Gasteiger partial charge is 0.505 e. The predicted molar refractivity (Wildman–Crippen MR) is 76.7 cm³/mol. The summed E-state index contributed by atoms with van der Waals surface area (Å²) in [5.74, 6) is -0.834. The number of hydrogen-bond acceptors (Lipinski definition) is 2. The Morgan fingerprint density at radius 3 is 2.74 bits per heavy atom. The summed E-state index contributed by atoms with van der Waals surface area (Å²) in [6.45, 7) is 1.97. The molecule has 1 N–H and O–H groups in total. The van der Waals surface area contributed by atoms with E-state index in [0.717, 1.165) is 12.0 Å².